The van der Waals surface area contributed by atoms with Crippen molar-refractivity contribution in [2.24, 2.45) is 5.92 Å². The molecule has 0 aliphatic carbocycles. The molecule has 184 valence electrons. The van der Waals surface area contributed by atoms with Gasteiger partial charge in [-0.2, -0.15) is 0 Å². The van der Waals surface area contributed by atoms with E-state index in [-0.39, 0.29) is 30.2 Å². The molecule has 3 unspecified atom stereocenters. The molecule has 2 aliphatic rings. The maximum Gasteiger partial charge on any atom is 0.159 e. The standard InChI is InChI=1S/C30H35NO4/c1-20-27-19-25(32)13-14-26(27)28(29(35-20)22-7-5-4-6-8-22)21-9-11-24(12-10-21)31-17-15-23(16-18-31)30(33-2)34-3/h4-14,19-20,23,28-30,32H,15-18H2,1-3H3. The van der Waals surface area contributed by atoms with E-state index in [1.54, 1.807) is 20.3 Å². The van der Waals surface area contributed by atoms with Gasteiger partial charge in [0.1, 0.15) is 5.75 Å². The van der Waals surface area contributed by atoms with Crippen LogP contribution in [-0.2, 0) is 14.2 Å². The van der Waals surface area contributed by atoms with Crippen molar-refractivity contribution in [3.63, 3.8) is 0 Å². The molecule has 3 aromatic carbocycles. The normalized spacial score (nSPS) is 22.9. The fourth-order valence-corrected chi connectivity index (χ4v) is 5.80. The number of rotatable bonds is 6. The topological polar surface area (TPSA) is 51.2 Å². The number of nitrogens with zero attached hydrogens (tertiary/aromatic N) is 1. The van der Waals surface area contributed by atoms with E-state index >= 15 is 0 Å². The molecule has 0 aromatic heterocycles. The van der Waals surface area contributed by atoms with E-state index in [9.17, 15) is 5.11 Å². The molecule has 1 fully saturated rings. The molecule has 2 heterocycles. The molecule has 1 saturated heterocycles. The lowest BCUT2D eigenvalue weighted by molar-refractivity contribution is -0.141. The van der Waals surface area contributed by atoms with Crippen molar-refractivity contribution in [2.75, 3.05) is 32.2 Å². The lowest BCUT2D eigenvalue weighted by atomic mass is 9.78. The average molecular weight is 474 g/mol. The van der Waals surface area contributed by atoms with Crippen LogP contribution in [0.3, 0.4) is 0 Å². The van der Waals surface area contributed by atoms with Gasteiger partial charge < -0.3 is 24.2 Å². The summed E-state index contributed by atoms with van der Waals surface area (Å²) in [5.41, 5.74) is 5.90. The Morgan fingerprint density at radius 3 is 2.20 bits per heavy atom. The lowest BCUT2D eigenvalue weighted by Gasteiger charge is -2.38. The monoisotopic (exact) mass is 473 g/mol. The highest BCUT2D eigenvalue weighted by molar-refractivity contribution is 5.52. The number of piperidine rings is 1. The number of hydrogen-bond donors (Lipinski definition) is 1. The van der Waals surface area contributed by atoms with Crippen LogP contribution in [-0.4, -0.2) is 38.7 Å². The van der Waals surface area contributed by atoms with Crippen molar-refractivity contribution in [2.45, 2.75) is 44.2 Å². The first-order valence-electron chi connectivity index (χ1n) is 12.5. The Bertz CT molecular complexity index is 1100. The number of ether oxygens (including phenoxy) is 3. The van der Waals surface area contributed by atoms with Crippen LogP contribution in [0.5, 0.6) is 5.75 Å². The molecule has 0 radical (unpaired) electrons. The molecule has 3 atom stereocenters. The second-order valence-electron chi connectivity index (χ2n) is 9.66. The zero-order valence-electron chi connectivity index (χ0n) is 20.8. The van der Waals surface area contributed by atoms with E-state index in [1.807, 2.05) is 12.1 Å². The maximum atomic E-state index is 10.1. The molecule has 0 saturated carbocycles. The van der Waals surface area contributed by atoms with Crippen LogP contribution < -0.4 is 4.90 Å². The molecule has 35 heavy (non-hydrogen) atoms. The molecule has 3 aromatic rings. The minimum absolute atomic E-state index is 0.0492. The van der Waals surface area contributed by atoms with Crippen LogP contribution in [0.25, 0.3) is 0 Å². The first kappa shape index (κ1) is 23.9. The Morgan fingerprint density at radius 1 is 0.857 bits per heavy atom. The summed E-state index contributed by atoms with van der Waals surface area (Å²) in [5, 5.41) is 10.1. The van der Waals surface area contributed by atoms with Crippen molar-refractivity contribution >= 4 is 5.69 Å². The zero-order valence-corrected chi connectivity index (χ0v) is 20.8. The average Bonchev–Trinajstić information content (AvgIpc) is 2.91. The molecule has 2 aliphatic heterocycles. The predicted molar refractivity (Wildman–Crippen MR) is 138 cm³/mol. The number of benzene rings is 3. The van der Waals surface area contributed by atoms with Gasteiger partial charge >= 0.3 is 0 Å². The zero-order chi connectivity index (χ0) is 24.4. The van der Waals surface area contributed by atoms with E-state index < -0.39 is 0 Å². The SMILES string of the molecule is COC(OC)C1CCN(c2ccc(C3c4ccc(O)cc4C(C)OC3c3ccccc3)cc2)CC1. The predicted octanol–water partition coefficient (Wildman–Crippen LogP) is 6.19. The largest absolute Gasteiger partial charge is 0.508 e. The van der Waals surface area contributed by atoms with Gasteiger partial charge in [-0.05, 0) is 66.3 Å². The molecule has 0 amide bonds. The summed E-state index contributed by atoms with van der Waals surface area (Å²) in [6.07, 6.45) is 1.79. The fourth-order valence-electron chi connectivity index (χ4n) is 5.80. The Morgan fingerprint density at radius 2 is 1.54 bits per heavy atom. The van der Waals surface area contributed by atoms with E-state index in [1.165, 1.54) is 22.4 Å². The third kappa shape index (κ3) is 4.81. The second-order valence-corrected chi connectivity index (χ2v) is 9.66. The van der Waals surface area contributed by atoms with Gasteiger partial charge in [0.15, 0.2) is 6.29 Å². The van der Waals surface area contributed by atoms with E-state index in [4.69, 9.17) is 14.2 Å². The first-order valence-corrected chi connectivity index (χ1v) is 12.5. The smallest absolute Gasteiger partial charge is 0.159 e. The summed E-state index contributed by atoms with van der Waals surface area (Å²) in [4.78, 5) is 2.45. The van der Waals surface area contributed by atoms with Crippen molar-refractivity contribution in [1.29, 1.82) is 0 Å². The summed E-state index contributed by atoms with van der Waals surface area (Å²) in [6.45, 7) is 4.05. The van der Waals surface area contributed by atoms with Crippen molar-refractivity contribution in [3.8, 4) is 5.75 Å². The molecule has 0 spiro atoms. The van der Waals surface area contributed by atoms with Crippen LogP contribution >= 0.6 is 0 Å². The van der Waals surface area contributed by atoms with Crippen LogP contribution in [0.15, 0.2) is 72.8 Å². The van der Waals surface area contributed by atoms with Gasteiger partial charge in [0, 0.05) is 44.8 Å². The van der Waals surface area contributed by atoms with Crippen molar-refractivity contribution in [3.05, 3.63) is 95.1 Å². The van der Waals surface area contributed by atoms with E-state index in [2.05, 4.69) is 66.4 Å². The first-order chi connectivity index (χ1) is 17.1. The van der Waals surface area contributed by atoms with Gasteiger partial charge in [-0.3, -0.25) is 0 Å². The minimum Gasteiger partial charge on any atom is -0.508 e. The van der Waals surface area contributed by atoms with Gasteiger partial charge in [-0.15, -0.1) is 0 Å². The highest BCUT2D eigenvalue weighted by Gasteiger charge is 2.36. The van der Waals surface area contributed by atoms with Crippen LogP contribution in [0, 0.1) is 5.92 Å². The summed E-state index contributed by atoms with van der Waals surface area (Å²) in [5.74, 6) is 0.758. The number of hydrogen-bond acceptors (Lipinski definition) is 5. The number of anilines is 1. The van der Waals surface area contributed by atoms with Crippen LogP contribution in [0.2, 0.25) is 0 Å². The van der Waals surface area contributed by atoms with Gasteiger partial charge in [0.25, 0.3) is 0 Å². The summed E-state index contributed by atoms with van der Waals surface area (Å²) >= 11 is 0. The number of fused-ring (bicyclic) bond motifs is 1. The molecular weight excluding hydrogens is 438 g/mol. The highest BCUT2D eigenvalue weighted by atomic mass is 16.7. The highest BCUT2D eigenvalue weighted by Crippen LogP contribution is 2.49. The second kappa shape index (κ2) is 10.4. The van der Waals surface area contributed by atoms with Crippen LogP contribution in [0.1, 0.15) is 60.1 Å². The number of aromatic hydroxyl groups is 1. The summed E-state index contributed by atoms with van der Waals surface area (Å²) in [6, 6.07) is 25.1. The third-order valence-electron chi connectivity index (χ3n) is 7.63. The molecule has 1 N–H and O–H groups in total. The molecule has 5 heteroatoms. The Labute approximate surface area is 208 Å². The quantitative estimate of drug-likeness (QED) is 0.433. The Balaban J connectivity index is 1.42. The lowest BCUT2D eigenvalue weighted by Crippen LogP contribution is -2.39. The number of phenolic OH excluding ortho intramolecular Hbond substituents is 1. The fraction of sp³-hybridized carbons (Fsp3) is 0.400. The number of phenols is 1. The minimum atomic E-state index is -0.123. The van der Waals surface area contributed by atoms with Gasteiger partial charge in [-0.1, -0.05) is 48.5 Å². The van der Waals surface area contributed by atoms with E-state index in [0.29, 0.717) is 5.92 Å². The van der Waals surface area contributed by atoms with Gasteiger partial charge in [-0.25, -0.2) is 0 Å². The maximum absolute atomic E-state index is 10.1. The van der Waals surface area contributed by atoms with Crippen LogP contribution in [0.4, 0.5) is 5.69 Å². The third-order valence-corrected chi connectivity index (χ3v) is 7.63. The Hall–Kier alpha value is -2.86. The number of methoxy groups -OCH3 is 2. The van der Waals surface area contributed by atoms with Crippen molar-refractivity contribution in [1.82, 2.24) is 0 Å². The van der Waals surface area contributed by atoms with Crippen molar-refractivity contribution < 1.29 is 19.3 Å². The molecule has 5 nitrogen and oxygen atoms in total. The Kier molecular flexibility index (Phi) is 7.09. The molecule has 5 rings (SSSR count). The molecular formula is C30H35NO4. The summed E-state index contributed by atoms with van der Waals surface area (Å²) < 4.78 is 17.5. The van der Waals surface area contributed by atoms with E-state index in [0.717, 1.165) is 31.5 Å². The molecule has 0 bridgehead atoms. The summed E-state index contributed by atoms with van der Waals surface area (Å²) in [7, 11) is 3.44. The van der Waals surface area contributed by atoms with Gasteiger partial charge in [0.2, 0.25) is 0 Å². The van der Waals surface area contributed by atoms with Gasteiger partial charge in [0.05, 0.1) is 12.2 Å².